The molecule has 100 valence electrons. The number of hydrogen-bond acceptors (Lipinski definition) is 6. The van der Waals surface area contributed by atoms with Crippen LogP contribution in [0.2, 0.25) is 0 Å². The minimum absolute atomic E-state index is 0.710. The standard InChI is InChI=1S/C12H21N5O/c1-3-10-14-11(16-13)9(2)12(15-10)17-5-4-7-18-8-6-17/h3-8,13H2,1-2H3,(H,14,15,16). The molecule has 1 saturated heterocycles. The summed E-state index contributed by atoms with van der Waals surface area (Å²) in [5, 5.41) is 0. The van der Waals surface area contributed by atoms with Gasteiger partial charge in [-0.05, 0) is 13.3 Å². The first-order chi connectivity index (χ1) is 8.76. The zero-order chi connectivity index (χ0) is 13.0. The molecule has 2 rings (SSSR count). The number of anilines is 2. The van der Waals surface area contributed by atoms with E-state index in [2.05, 4.69) is 20.3 Å². The predicted molar refractivity (Wildman–Crippen MR) is 71.6 cm³/mol. The maximum absolute atomic E-state index is 5.52. The van der Waals surface area contributed by atoms with Gasteiger partial charge in [0, 0.05) is 31.7 Å². The number of nitrogens with two attached hydrogens (primary N) is 1. The average Bonchev–Trinajstić information content (AvgIpc) is 2.68. The van der Waals surface area contributed by atoms with Gasteiger partial charge >= 0.3 is 0 Å². The van der Waals surface area contributed by atoms with Gasteiger partial charge < -0.3 is 15.1 Å². The molecule has 3 N–H and O–H groups in total. The summed E-state index contributed by atoms with van der Waals surface area (Å²) in [4.78, 5) is 11.3. The van der Waals surface area contributed by atoms with Crippen molar-refractivity contribution in [3.05, 3.63) is 11.4 Å². The summed E-state index contributed by atoms with van der Waals surface area (Å²) < 4.78 is 5.47. The highest BCUT2D eigenvalue weighted by Gasteiger charge is 2.17. The summed E-state index contributed by atoms with van der Waals surface area (Å²) in [5.74, 6) is 8.02. The highest BCUT2D eigenvalue weighted by atomic mass is 16.5. The zero-order valence-corrected chi connectivity index (χ0v) is 11.1. The van der Waals surface area contributed by atoms with Crippen molar-refractivity contribution in [1.29, 1.82) is 0 Å². The summed E-state index contributed by atoms with van der Waals surface area (Å²) in [5.41, 5.74) is 3.65. The number of hydrazine groups is 1. The number of aryl methyl sites for hydroxylation is 1. The van der Waals surface area contributed by atoms with Crippen LogP contribution in [-0.2, 0) is 11.2 Å². The molecule has 1 aromatic rings. The van der Waals surface area contributed by atoms with Crippen LogP contribution in [0.25, 0.3) is 0 Å². The molecule has 0 bridgehead atoms. The van der Waals surface area contributed by atoms with Crippen molar-refractivity contribution in [3.63, 3.8) is 0 Å². The molecule has 0 aromatic carbocycles. The van der Waals surface area contributed by atoms with Crippen molar-refractivity contribution in [2.45, 2.75) is 26.7 Å². The van der Waals surface area contributed by atoms with E-state index in [4.69, 9.17) is 10.6 Å². The molecule has 1 fully saturated rings. The number of aromatic nitrogens is 2. The van der Waals surface area contributed by atoms with Gasteiger partial charge in [-0.2, -0.15) is 0 Å². The molecule has 18 heavy (non-hydrogen) atoms. The second kappa shape index (κ2) is 5.97. The van der Waals surface area contributed by atoms with Crippen LogP contribution in [0.1, 0.15) is 24.7 Å². The molecule has 0 amide bonds. The Hall–Kier alpha value is -1.40. The van der Waals surface area contributed by atoms with Gasteiger partial charge in [0.15, 0.2) is 0 Å². The van der Waals surface area contributed by atoms with Gasteiger partial charge in [0.2, 0.25) is 0 Å². The van der Waals surface area contributed by atoms with Gasteiger partial charge in [-0.25, -0.2) is 15.8 Å². The Bertz CT molecular complexity index is 402. The van der Waals surface area contributed by atoms with E-state index >= 15 is 0 Å². The lowest BCUT2D eigenvalue weighted by Crippen LogP contribution is -2.29. The van der Waals surface area contributed by atoms with Crippen molar-refractivity contribution < 1.29 is 4.74 Å². The fourth-order valence-corrected chi connectivity index (χ4v) is 2.11. The van der Waals surface area contributed by atoms with Crippen molar-refractivity contribution in [1.82, 2.24) is 9.97 Å². The van der Waals surface area contributed by atoms with Crippen LogP contribution in [0.15, 0.2) is 0 Å². The van der Waals surface area contributed by atoms with Crippen LogP contribution in [0.3, 0.4) is 0 Å². The quantitative estimate of drug-likeness (QED) is 0.613. The third-order valence-electron chi connectivity index (χ3n) is 3.14. The molecule has 0 spiro atoms. The minimum Gasteiger partial charge on any atom is -0.380 e. The van der Waals surface area contributed by atoms with E-state index in [1.165, 1.54) is 0 Å². The summed E-state index contributed by atoms with van der Waals surface area (Å²) in [6.45, 7) is 7.44. The maximum Gasteiger partial charge on any atom is 0.148 e. The molecule has 0 radical (unpaired) electrons. The fourth-order valence-electron chi connectivity index (χ4n) is 2.11. The first-order valence-electron chi connectivity index (χ1n) is 6.43. The van der Waals surface area contributed by atoms with E-state index in [1.54, 1.807) is 0 Å². The van der Waals surface area contributed by atoms with Crippen molar-refractivity contribution in [3.8, 4) is 0 Å². The van der Waals surface area contributed by atoms with E-state index in [0.29, 0.717) is 5.82 Å². The molecule has 6 heteroatoms. The monoisotopic (exact) mass is 251 g/mol. The number of rotatable bonds is 3. The molecular formula is C12H21N5O. The Labute approximate surface area is 108 Å². The first-order valence-corrected chi connectivity index (χ1v) is 6.43. The zero-order valence-electron chi connectivity index (χ0n) is 11.1. The molecule has 1 aliphatic heterocycles. The molecular weight excluding hydrogens is 230 g/mol. The van der Waals surface area contributed by atoms with Crippen molar-refractivity contribution >= 4 is 11.6 Å². The van der Waals surface area contributed by atoms with Gasteiger partial charge in [0.05, 0.1) is 6.61 Å². The third-order valence-corrected chi connectivity index (χ3v) is 3.14. The molecule has 0 aliphatic carbocycles. The predicted octanol–water partition coefficient (Wildman–Crippen LogP) is 0.860. The highest BCUT2D eigenvalue weighted by Crippen LogP contribution is 2.24. The van der Waals surface area contributed by atoms with Gasteiger partial charge in [-0.1, -0.05) is 6.92 Å². The van der Waals surface area contributed by atoms with Gasteiger partial charge in [-0.3, -0.25) is 0 Å². The van der Waals surface area contributed by atoms with Crippen LogP contribution in [0.4, 0.5) is 11.6 Å². The Morgan fingerprint density at radius 2 is 2.17 bits per heavy atom. The largest absolute Gasteiger partial charge is 0.380 e. The smallest absolute Gasteiger partial charge is 0.148 e. The molecule has 0 saturated carbocycles. The molecule has 6 nitrogen and oxygen atoms in total. The third kappa shape index (κ3) is 2.70. The summed E-state index contributed by atoms with van der Waals surface area (Å²) in [6.07, 6.45) is 1.82. The van der Waals surface area contributed by atoms with Gasteiger partial charge in [0.25, 0.3) is 0 Å². The molecule has 0 unspecified atom stereocenters. The summed E-state index contributed by atoms with van der Waals surface area (Å²) >= 11 is 0. The SMILES string of the molecule is CCc1nc(NN)c(C)c(N2CCCOCC2)n1. The van der Waals surface area contributed by atoms with E-state index in [9.17, 15) is 0 Å². The number of nitrogens with one attached hydrogen (secondary N) is 1. The number of hydrogen-bond donors (Lipinski definition) is 2. The minimum atomic E-state index is 0.710. The lowest BCUT2D eigenvalue weighted by atomic mass is 10.2. The van der Waals surface area contributed by atoms with Crippen LogP contribution < -0.4 is 16.2 Å². The fraction of sp³-hybridized carbons (Fsp3) is 0.667. The van der Waals surface area contributed by atoms with Crippen molar-refractivity contribution in [2.75, 3.05) is 36.6 Å². The summed E-state index contributed by atoms with van der Waals surface area (Å²) in [6, 6.07) is 0. The van der Waals surface area contributed by atoms with Gasteiger partial charge in [-0.15, -0.1) is 0 Å². The second-order valence-corrected chi connectivity index (χ2v) is 4.39. The lowest BCUT2D eigenvalue weighted by Gasteiger charge is -2.24. The highest BCUT2D eigenvalue weighted by molar-refractivity contribution is 5.58. The normalized spacial score (nSPS) is 16.5. The van der Waals surface area contributed by atoms with Crippen LogP contribution in [0, 0.1) is 6.92 Å². The van der Waals surface area contributed by atoms with E-state index < -0.39 is 0 Å². The van der Waals surface area contributed by atoms with E-state index in [0.717, 1.165) is 56.4 Å². The Balaban J connectivity index is 2.34. The lowest BCUT2D eigenvalue weighted by molar-refractivity contribution is 0.152. The average molecular weight is 251 g/mol. The Kier molecular flexibility index (Phi) is 4.33. The summed E-state index contributed by atoms with van der Waals surface area (Å²) in [7, 11) is 0. The number of ether oxygens (including phenoxy) is 1. The van der Waals surface area contributed by atoms with Gasteiger partial charge in [0.1, 0.15) is 17.5 Å². The van der Waals surface area contributed by atoms with Crippen LogP contribution in [0.5, 0.6) is 0 Å². The first kappa shape index (κ1) is 13.0. The maximum atomic E-state index is 5.52. The molecule has 0 atom stereocenters. The number of nitrogen functional groups attached to an aromatic ring is 1. The molecule has 2 heterocycles. The van der Waals surface area contributed by atoms with E-state index in [1.807, 2.05) is 13.8 Å². The Morgan fingerprint density at radius 1 is 1.33 bits per heavy atom. The Morgan fingerprint density at radius 3 is 2.89 bits per heavy atom. The van der Waals surface area contributed by atoms with Crippen LogP contribution >= 0.6 is 0 Å². The number of nitrogens with zero attached hydrogens (tertiary/aromatic N) is 3. The van der Waals surface area contributed by atoms with E-state index in [-0.39, 0.29) is 0 Å². The molecule has 1 aromatic heterocycles. The second-order valence-electron chi connectivity index (χ2n) is 4.39. The molecule has 1 aliphatic rings. The topological polar surface area (TPSA) is 76.3 Å². The van der Waals surface area contributed by atoms with Crippen molar-refractivity contribution in [2.24, 2.45) is 5.84 Å². The van der Waals surface area contributed by atoms with Crippen LogP contribution in [-0.4, -0.2) is 36.3 Å².